The van der Waals surface area contributed by atoms with Crippen molar-refractivity contribution in [1.29, 1.82) is 0 Å². The van der Waals surface area contributed by atoms with Crippen LogP contribution >= 0.6 is 11.3 Å². The van der Waals surface area contributed by atoms with E-state index < -0.39 is 0 Å². The van der Waals surface area contributed by atoms with Gasteiger partial charge >= 0.3 is 0 Å². The number of aryl methyl sites for hydroxylation is 1. The lowest BCUT2D eigenvalue weighted by molar-refractivity contribution is -0.124. The molecule has 1 N–H and O–H groups in total. The molecule has 2 aromatic heterocycles. The molecule has 0 spiro atoms. The van der Waals surface area contributed by atoms with Crippen LogP contribution in [0.25, 0.3) is 21.3 Å². The highest BCUT2D eigenvalue weighted by Gasteiger charge is 2.18. The molecule has 1 fully saturated rings. The Kier molecular flexibility index (Phi) is 5.34. The number of carbonyl (C=O) groups excluding carboxylic acids is 1. The Labute approximate surface area is 162 Å². The smallest absolute Gasteiger partial charge is 0.258 e. The van der Waals surface area contributed by atoms with Gasteiger partial charge in [-0.05, 0) is 25.3 Å². The van der Waals surface area contributed by atoms with Gasteiger partial charge in [-0.1, -0.05) is 49.1 Å². The van der Waals surface area contributed by atoms with Crippen LogP contribution in [0.5, 0.6) is 5.88 Å². The second kappa shape index (κ2) is 8.05. The summed E-state index contributed by atoms with van der Waals surface area (Å²) in [6.45, 7) is 2.05. The van der Waals surface area contributed by atoms with Crippen LogP contribution in [0.2, 0.25) is 0 Å². The van der Waals surface area contributed by atoms with Crippen LogP contribution in [-0.4, -0.2) is 28.5 Å². The molecule has 0 aliphatic heterocycles. The maximum absolute atomic E-state index is 12.3. The van der Waals surface area contributed by atoms with Crippen molar-refractivity contribution in [1.82, 2.24) is 15.3 Å². The third-order valence-corrected chi connectivity index (χ3v) is 5.89. The largest absolute Gasteiger partial charge is 0.467 e. The van der Waals surface area contributed by atoms with Crippen LogP contribution in [-0.2, 0) is 4.79 Å². The summed E-state index contributed by atoms with van der Waals surface area (Å²) in [5.41, 5.74) is 3.35. The van der Waals surface area contributed by atoms with Crippen molar-refractivity contribution in [3.05, 3.63) is 41.5 Å². The van der Waals surface area contributed by atoms with Gasteiger partial charge in [0.05, 0.1) is 5.39 Å². The highest BCUT2D eigenvalue weighted by Crippen LogP contribution is 2.37. The SMILES string of the molecule is Cc1ccc(-c2csc3ncnc(OCC(=O)NC4CCCCC4)c23)cc1. The third kappa shape index (κ3) is 4.11. The van der Waals surface area contributed by atoms with Crippen molar-refractivity contribution in [2.24, 2.45) is 0 Å². The fourth-order valence-electron chi connectivity index (χ4n) is 3.55. The number of ether oxygens (including phenoxy) is 1. The predicted octanol–water partition coefficient (Wildman–Crippen LogP) is 4.49. The first kappa shape index (κ1) is 17.9. The van der Waals surface area contributed by atoms with E-state index in [-0.39, 0.29) is 18.6 Å². The van der Waals surface area contributed by atoms with E-state index in [9.17, 15) is 4.79 Å². The number of benzene rings is 1. The van der Waals surface area contributed by atoms with Crippen molar-refractivity contribution < 1.29 is 9.53 Å². The van der Waals surface area contributed by atoms with Crippen molar-refractivity contribution in [3.63, 3.8) is 0 Å². The average Bonchev–Trinajstić information content (AvgIpc) is 3.12. The Morgan fingerprint density at radius 3 is 2.74 bits per heavy atom. The third-order valence-electron chi connectivity index (χ3n) is 5.01. The Bertz CT molecular complexity index is 930. The highest BCUT2D eigenvalue weighted by atomic mass is 32.1. The molecule has 27 heavy (non-hydrogen) atoms. The van der Waals surface area contributed by atoms with Crippen LogP contribution in [0, 0.1) is 6.92 Å². The van der Waals surface area contributed by atoms with E-state index in [1.54, 1.807) is 11.3 Å². The normalized spacial score (nSPS) is 15.0. The second-order valence-corrected chi connectivity index (χ2v) is 7.92. The minimum absolute atomic E-state index is 0.0220. The predicted molar refractivity (Wildman–Crippen MR) is 108 cm³/mol. The van der Waals surface area contributed by atoms with Gasteiger partial charge in [0, 0.05) is 17.0 Å². The molecule has 2 heterocycles. The second-order valence-electron chi connectivity index (χ2n) is 7.07. The lowest BCUT2D eigenvalue weighted by Crippen LogP contribution is -2.39. The molecule has 6 heteroatoms. The van der Waals surface area contributed by atoms with E-state index in [0.717, 1.165) is 34.2 Å². The van der Waals surface area contributed by atoms with Gasteiger partial charge in [0.15, 0.2) is 6.61 Å². The van der Waals surface area contributed by atoms with Crippen LogP contribution in [0.15, 0.2) is 36.0 Å². The molecule has 0 radical (unpaired) electrons. The number of aromatic nitrogens is 2. The monoisotopic (exact) mass is 381 g/mol. The molecule has 0 saturated heterocycles. The summed E-state index contributed by atoms with van der Waals surface area (Å²) < 4.78 is 5.81. The number of hydrogen-bond acceptors (Lipinski definition) is 5. The zero-order valence-electron chi connectivity index (χ0n) is 15.4. The van der Waals surface area contributed by atoms with Crippen molar-refractivity contribution in [3.8, 4) is 17.0 Å². The maximum Gasteiger partial charge on any atom is 0.258 e. The maximum atomic E-state index is 12.3. The number of amides is 1. The van der Waals surface area contributed by atoms with Gasteiger partial charge in [-0.2, -0.15) is 0 Å². The summed E-state index contributed by atoms with van der Waals surface area (Å²) in [5.74, 6) is 0.386. The van der Waals surface area contributed by atoms with Gasteiger partial charge in [0.1, 0.15) is 11.2 Å². The molecule has 0 bridgehead atoms. The lowest BCUT2D eigenvalue weighted by Gasteiger charge is -2.22. The molecule has 140 valence electrons. The van der Waals surface area contributed by atoms with E-state index in [2.05, 4.69) is 51.9 Å². The van der Waals surface area contributed by atoms with E-state index in [1.807, 2.05) is 0 Å². The summed E-state index contributed by atoms with van der Waals surface area (Å²) >= 11 is 1.56. The van der Waals surface area contributed by atoms with Crippen LogP contribution < -0.4 is 10.1 Å². The van der Waals surface area contributed by atoms with Gasteiger partial charge in [-0.15, -0.1) is 11.3 Å². The van der Waals surface area contributed by atoms with Gasteiger partial charge in [-0.3, -0.25) is 4.79 Å². The quantitative estimate of drug-likeness (QED) is 0.707. The summed E-state index contributed by atoms with van der Waals surface area (Å²) in [6.07, 6.45) is 7.26. The van der Waals surface area contributed by atoms with E-state index in [1.165, 1.54) is 31.2 Å². The van der Waals surface area contributed by atoms with Crippen molar-refractivity contribution >= 4 is 27.5 Å². The molecule has 5 nitrogen and oxygen atoms in total. The van der Waals surface area contributed by atoms with Gasteiger partial charge in [0.2, 0.25) is 5.88 Å². The van der Waals surface area contributed by atoms with Crippen molar-refractivity contribution in [2.75, 3.05) is 6.61 Å². The fraction of sp³-hybridized carbons (Fsp3) is 0.381. The molecular formula is C21H23N3O2S. The number of hydrogen-bond donors (Lipinski definition) is 1. The molecule has 1 aliphatic carbocycles. The molecule has 3 aromatic rings. The first-order valence-corrected chi connectivity index (χ1v) is 10.3. The number of nitrogens with zero attached hydrogens (tertiary/aromatic N) is 2. The molecule has 1 saturated carbocycles. The standard InChI is InChI=1S/C21H23N3O2S/c1-14-7-9-15(10-8-14)17-12-27-21-19(17)20(22-13-23-21)26-11-18(25)24-16-5-3-2-4-6-16/h7-10,12-13,16H,2-6,11H2,1H3,(H,24,25). The Balaban J connectivity index is 1.52. The summed E-state index contributed by atoms with van der Waals surface area (Å²) in [4.78, 5) is 21.8. The van der Waals surface area contributed by atoms with E-state index in [4.69, 9.17) is 4.74 Å². The Hall–Kier alpha value is -2.47. The molecule has 1 aromatic carbocycles. The van der Waals surface area contributed by atoms with Crippen LogP contribution in [0.4, 0.5) is 0 Å². The minimum atomic E-state index is -0.0826. The number of rotatable bonds is 5. The van der Waals surface area contributed by atoms with Gasteiger partial charge < -0.3 is 10.1 Å². The molecule has 4 rings (SSSR count). The van der Waals surface area contributed by atoms with E-state index in [0.29, 0.717) is 5.88 Å². The Morgan fingerprint density at radius 2 is 1.96 bits per heavy atom. The highest BCUT2D eigenvalue weighted by molar-refractivity contribution is 7.17. The first-order chi connectivity index (χ1) is 13.2. The molecule has 0 atom stereocenters. The van der Waals surface area contributed by atoms with Gasteiger partial charge in [-0.25, -0.2) is 9.97 Å². The first-order valence-electron chi connectivity index (χ1n) is 9.42. The molecular weight excluding hydrogens is 358 g/mol. The van der Waals surface area contributed by atoms with Gasteiger partial charge in [0.25, 0.3) is 5.91 Å². The fourth-order valence-corrected chi connectivity index (χ4v) is 4.46. The zero-order valence-corrected chi connectivity index (χ0v) is 16.2. The summed E-state index contributed by atoms with van der Waals surface area (Å²) in [5, 5.41) is 6.02. The number of thiophene rings is 1. The van der Waals surface area contributed by atoms with Crippen LogP contribution in [0.1, 0.15) is 37.7 Å². The Morgan fingerprint density at radius 1 is 1.19 bits per heavy atom. The lowest BCUT2D eigenvalue weighted by atomic mass is 9.95. The topological polar surface area (TPSA) is 64.1 Å². The number of carbonyl (C=O) groups is 1. The summed E-state index contributed by atoms with van der Waals surface area (Å²) in [7, 11) is 0. The molecule has 1 amide bonds. The summed E-state index contributed by atoms with van der Waals surface area (Å²) in [6, 6.07) is 8.62. The van der Waals surface area contributed by atoms with E-state index >= 15 is 0 Å². The van der Waals surface area contributed by atoms with Crippen molar-refractivity contribution in [2.45, 2.75) is 45.1 Å². The molecule has 0 unspecified atom stereocenters. The number of fused-ring (bicyclic) bond motifs is 1. The van der Waals surface area contributed by atoms with Crippen LogP contribution in [0.3, 0.4) is 0 Å². The zero-order chi connectivity index (χ0) is 18.6. The molecule has 1 aliphatic rings. The average molecular weight is 382 g/mol. The number of nitrogens with one attached hydrogen (secondary N) is 1. The minimum Gasteiger partial charge on any atom is -0.467 e.